The Hall–Kier alpha value is -2.56. The van der Waals surface area contributed by atoms with Crippen LogP contribution in [0.15, 0.2) is 42.5 Å². The van der Waals surface area contributed by atoms with Gasteiger partial charge in [-0.2, -0.15) is 0 Å². The van der Waals surface area contributed by atoms with E-state index in [9.17, 15) is 8.78 Å². The summed E-state index contributed by atoms with van der Waals surface area (Å²) in [6, 6.07) is 7.88. The molecule has 5 heteroatoms. The Labute approximate surface area is 145 Å². The first kappa shape index (κ1) is 15.9. The number of nitrogens with one attached hydrogen (secondary N) is 1. The Kier molecular flexibility index (Phi) is 3.86. The molecule has 1 aliphatic carbocycles. The summed E-state index contributed by atoms with van der Waals surface area (Å²) in [7, 11) is 3.19. The maximum Gasteiger partial charge on any atom is 0.165 e. The first-order chi connectivity index (χ1) is 12.1. The molecule has 0 aromatic heterocycles. The van der Waals surface area contributed by atoms with Gasteiger partial charge < -0.3 is 14.8 Å². The molecule has 1 N–H and O–H groups in total. The monoisotopic (exact) mass is 343 g/mol. The van der Waals surface area contributed by atoms with Crippen LogP contribution in [0.2, 0.25) is 0 Å². The molecule has 2 aliphatic rings. The van der Waals surface area contributed by atoms with Gasteiger partial charge in [0.25, 0.3) is 0 Å². The highest BCUT2D eigenvalue weighted by Gasteiger charge is 2.40. The third kappa shape index (κ3) is 2.46. The molecule has 1 aliphatic heterocycles. The average Bonchev–Trinajstić information content (AvgIpc) is 3.10. The largest absolute Gasteiger partial charge is 0.493 e. The topological polar surface area (TPSA) is 30.5 Å². The minimum Gasteiger partial charge on any atom is -0.493 e. The number of benzene rings is 2. The molecular formula is C20H19F2NO2. The maximum absolute atomic E-state index is 14.4. The predicted molar refractivity (Wildman–Crippen MR) is 92.3 cm³/mol. The van der Waals surface area contributed by atoms with Crippen LogP contribution < -0.4 is 14.8 Å². The highest BCUT2D eigenvalue weighted by molar-refractivity contribution is 5.62. The van der Waals surface area contributed by atoms with Gasteiger partial charge in [-0.05, 0) is 30.0 Å². The average molecular weight is 343 g/mol. The molecule has 1 heterocycles. The van der Waals surface area contributed by atoms with E-state index in [4.69, 9.17) is 9.47 Å². The van der Waals surface area contributed by atoms with Crippen molar-refractivity contribution in [2.45, 2.75) is 18.4 Å². The zero-order chi connectivity index (χ0) is 17.6. The number of fused-ring (bicyclic) bond motifs is 3. The summed E-state index contributed by atoms with van der Waals surface area (Å²) in [6.45, 7) is 0. The van der Waals surface area contributed by atoms with Crippen LogP contribution in [0.3, 0.4) is 0 Å². The maximum atomic E-state index is 14.4. The number of allylic oxidation sites excluding steroid dienone is 2. The van der Waals surface area contributed by atoms with Crippen molar-refractivity contribution in [2.24, 2.45) is 5.92 Å². The minimum atomic E-state index is -0.569. The van der Waals surface area contributed by atoms with E-state index >= 15 is 0 Å². The van der Waals surface area contributed by atoms with Crippen molar-refractivity contribution in [3.63, 3.8) is 0 Å². The van der Waals surface area contributed by atoms with Gasteiger partial charge in [-0.1, -0.05) is 24.3 Å². The van der Waals surface area contributed by atoms with Gasteiger partial charge >= 0.3 is 0 Å². The Bertz CT molecular complexity index is 850. The zero-order valence-electron chi connectivity index (χ0n) is 14.1. The summed E-state index contributed by atoms with van der Waals surface area (Å²) in [6.07, 6.45) is 4.96. The normalized spacial score (nSPS) is 23.6. The van der Waals surface area contributed by atoms with E-state index < -0.39 is 11.6 Å². The van der Waals surface area contributed by atoms with Crippen molar-refractivity contribution < 1.29 is 18.3 Å². The van der Waals surface area contributed by atoms with Crippen molar-refractivity contribution in [1.29, 1.82) is 0 Å². The van der Waals surface area contributed by atoms with Gasteiger partial charge in [0, 0.05) is 17.5 Å². The lowest BCUT2D eigenvalue weighted by Gasteiger charge is -2.38. The van der Waals surface area contributed by atoms with E-state index in [1.54, 1.807) is 14.2 Å². The van der Waals surface area contributed by atoms with Crippen LogP contribution in [0, 0.1) is 17.6 Å². The van der Waals surface area contributed by atoms with Crippen LogP contribution in [0.4, 0.5) is 14.5 Å². The molecule has 0 spiro atoms. The van der Waals surface area contributed by atoms with Crippen LogP contribution in [0.5, 0.6) is 11.5 Å². The number of para-hydroxylation sites is 1. The molecule has 0 unspecified atom stereocenters. The van der Waals surface area contributed by atoms with E-state index in [1.807, 2.05) is 24.3 Å². The van der Waals surface area contributed by atoms with E-state index in [0.717, 1.165) is 18.1 Å². The standard InChI is InChI=1S/C20H19F2NO2/c1-24-17-8-4-7-14(20(17)25-2)18-13-6-3-5-12(13)15-9-11(21)10-16(22)19(15)23-18/h3-5,7-10,12-13,18,23H,6H2,1-2H3/t12-,13+,18-/m1/s1. The smallest absolute Gasteiger partial charge is 0.165 e. The summed E-state index contributed by atoms with van der Waals surface area (Å²) >= 11 is 0. The molecule has 0 saturated carbocycles. The minimum absolute atomic E-state index is 0.0256. The number of ether oxygens (including phenoxy) is 2. The predicted octanol–water partition coefficient (Wildman–Crippen LogP) is 4.81. The number of rotatable bonds is 3. The van der Waals surface area contributed by atoms with Crippen molar-refractivity contribution in [2.75, 3.05) is 19.5 Å². The van der Waals surface area contributed by atoms with Crippen molar-refractivity contribution >= 4 is 5.69 Å². The van der Waals surface area contributed by atoms with Gasteiger partial charge in [-0.3, -0.25) is 0 Å². The number of hydrogen-bond acceptors (Lipinski definition) is 3. The summed E-state index contributed by atoms with van der Waals surface area (Å²) in [5, 5.41) is 3.29. The second kappa shape index (κ2) is 6.06. The molecule has 130 valence electrons. The molecule has 25 heavy (non-hydrogen) atoms. The Morgan fingerprint density at radius 1 is 1.08 bits per heavy atom. The van der Waals surface area contributed by atoms with Gasteiger partial charge in [0.05, 0.1) is 25.9 Å². The zero-order valence-corrected chi connectivity index (χ0v) is 14.1. The Morgan fingerprint density at radius 3 is 2.68 bits per heavy atom. The first-order valence-electron chi connectivity index (χ1n) is 8.27. The Morgan fingerprint density at radius 2 is 1.92 bits per heavy atom. The lowest BCUT2D eigenvalue weighted by molar-refractivity contribution is 0.340. The van der Waals surface area contributed by atoms with Gasteiger partial charge in [0.2, 0.25) is 0 Å². The molecule has 0 bridgehead atoms. The van der Waals surface area contributed by atoms with E-state index in [1.165, 1.54) is 6.07 Å². The first-order valence-corrected chi connectivity index (χ1v) is 8.27. The van der Waals surface area contributed by atoms with E-state index in [-0.39, 0.29) is 17.9 Å². The third-order valence-electron chi connectivity index (χ3n) is 5.15. The van der Waals surface area contributed by atoms with Gasteiger partial charge in [-0.25, -0.2) is 8.78 Å². The molecule has 4 rings (SSSR count). The summed E-state index contributed by atoms with van der Waals surface area (Å²) in [5.41, 5.74) is 1.95. The number of anilines is 1. The second-order valence-electron chi connectivity index (χ2n) is 6.41. The fourth-order valence-corrected chi connectivity index (χ4v) is 4.09. The summed E-state index contributed by atoms with van der Waals surface area (Å²) in [4.78, 5) is 0. The van der Waals surface area contributed by atoms with Crippen molar-refractivity contribution in [1.82, 2.24) is 0 Å². The second-order valence-corrected chi connectivity index (χ2v) is 6.41. The molecule has 0 amide bonds. The van der Waals surface area contributed by atoms with Gasteiger partial charge in [-0.15, -0.1) is 0 Å². The lowest BCUT2D eigenvalue weighted by Crippen LogP contribution is -2.30. The van der Waals surface area contributed by atoms with Crippen LogP contribution in [0.25, 0.3) is 0 Å². The molecule has 3 nitrogen and oxygen atoms in total. The van der Waals surface area contributed by atoms with Crippen LogP contribution in [-0.2, 0) is 0 Å². The lowest BCUT2D eigenvalue weighted by atomic mass is 9.76. The molecule has 0 radical (unpaired) electrons. The summed E-state index contributed by atoms with van der Waals surface area (Å²) in [5.74, 6) is 0.293. The summed E-state index contributed by atoms with van der Waals surface area (Å²) < 4.78 is 39.1. The fourth-order valence-electron chi connectivity index (χ4n) is 4.09. The molecule has 2 aromatic carbocycles. The number of hydrogen-bond donors (Lipinski definition) is 1. The highest BCUT2D eigenvalue weighted by Crippen LogP contribution is 2.52. The molecule has 0 fully saturated rings. The number of methoxy groups -OCH3 is 2. The van der Waals surface area contributed by atoms with Crippen molar-refractivity contribution in [3.8, 4) is 11.5 Å². The van der Waals surface area contributed by atoms with Crippen LogP contribution in [-0.4, -0.2) is 14.2 Å². The highest BCUT2D eigenvalue weighted by atomic mass is 19.1. The number of halogens is 2. The van der Waals surface area contributed by atoms with E-state index in [0.29, 0.717) is 22.7 Å². The molecular weight excluding hydrogens is 324 g/mol. The van der Waals surface area contributed by atoms with Crippen molar-refractivity contribution in [3.05, 3.63) is 65.2 Å². The SMILES string of the molecule is COc1cccc([C@@H]2Nc3c(F)cc(F)cc3[C@@H]3C=CC[C@@H]32)c1OC. The van der Waals surface area contributed by atoms with Gasteiger partial charge in [0.1, 0.15) is 11.6 Å². The molecule has 3 atom stereocenters. The Balaban J connectivity index is 1.85. The quantitative estimate of drug-likeness (QED) is 0.812. The van der Waals surface area contributed by atoms with Crippen LogP contribution in [0.1, 0.15) is 29.5 Å². The van der Waals surface area contributed by atoms with Gasteiger partial charge in [0.15, 0.2) is 11.5 Å². The third-order valence-corrected chi connectivity index (χ3v) is 5.15. The molecule has 2 aromatic rings. The molecule has 0 saturated heterocycles. The van der Waals surface area contributed by atoms with E-state index in [2.05, 4.69) is 11.4 Å². The fraction of sp³-hybridized carbons (Fsp3) is 0.300. The van der Waals surface area contributed by atoms with Crippen LogP contribution >= 0.6 is 0 Å².